The van der Waals surface area contributed by atoms with E-state index in [0.29, 0.717) is 176 Å². The molecule has 1 aromatic carbocycles. The van der Waals surface area contributed by atoms with Gasteiger partial charge in [0.2, 0.25) is 37.4 Å². The van der Waals surface area contributed by atoms with E-state index in [0.717, 1.165) is 121 Å². The lowest BCUT2D eigenvalue weighted by Gasteiger charge is -2.41. The van der Waals surface area contributed by atoms with Crippen molar-refractivity contribution in [3.05, 3.63) is 182 Å². The van der Waals surface area contributed by atoms with Crippen molar-refractivity contribution >= 4 is 63.8 Å². The number of pyridine rings is 2. The topological polar surface area (TPSA) is 234 Å². The molecule has 6 aromatic rings. The number of nitrogens with zero attached hydrogens (tertiary/aromatic N) is 23. The zero-order chi connectivity index (χ0) is 87.5. The number of aromatic nitrogens is 8. The Labute approximate surface area is 721 Å². The van der Waals surface area contributed by atoms with Gasteiger partial charge in [-0.25, -0.2) is 28.5 Å². The number of amides is 3. The number of alkyl halides is 3. The minimum Gasteiger partial charge on any atom is -0.462 e. The summed E-state index contributed by atoms with van der Waals surface area (Å²) in [4.78, 5) is 110. The molecule has 0 N–H and O–H groups in total. The average Bonchev–Trinajstić information content (AvgIpc) is 1.33. The summed E-state index contributed by atoms with van der Waals surface area (Å²) in [5.74, 6) is 0.535. The number of hydrogen-bond donors (Lipinski definition) is 0. The zero-order valence-corrected chi connectivity index (χ0v) is 71.9. The van der Waals surface area contributed by atoms with Crippen LogP contribution < -0.4 is 43.6 Å². The molecule has 0 bridgehead atoms. The van der Waals surface area contributed by atoms with Gasteiger partial charge in [0.1, 0.15) is 66.8 Å². The Balaban J connectivity index is 0.000000159. The van der Waals surface area contributed by atoms with Gasteiger partial charge in [-0.1, -0.05) is 44.3 Å². The standard InChI is InChI=1S/C31H38F4N8O2.C29H36FN7O2.C28H35ClN8O2/c1-6-27(44)42-10-9-41(16-22(42)12-36-5)29-23-7-8-40(26-14-37-13-24(32)28(26)31(33,34)35)17-25(23)38-30(39-29)45-18-21-11-20(4)15-43(21)19(2)3;1-5-27(38)37-15-14-36(17-22(37)16-31-3)28-23-11-13-35(26-10-6-9-24(30)20(26)2)18-25(23)32-29(33-28)39-19-21-8-7-12-34(21)4;1-5-26(38)37-12-11-36(16-21(37)13-30-3)27-22-8-10-35(25-15-31-14-23(29)19(25)2)17-24(22)32-28(33-27)39-18-20-7-6-9-34(20)4/h6,13-14,19-22H,1,7-12,15-18H2,2-4H3;5-6,9-10,21-22H,1,7-8,11-19H2,2,4H3;5,14-15,20-21H,1,6-13,16-18H2,2,4H3/t20-,21+,22+;21-,22-;20-,21-/m100/s1. The number of fused-ring (bicyclic) bond motifs is 3. The van der Waals surface area contributed by atoms with Crippen molar-refractivity contribution in [2.24, 2.45) is 5.92 Å². The third-order valence-electron chi connectivity index (χ3n) is 25.1. The zero-order valence-electron chi connectivity index (χ0n) is 71.1. The molecular weight excluding hydrogens is 1610 g/mol. The molecule has 0 aliphatic carbocycles. The van der Waals surface area contributed by atoms with Crippen LogP contribution in [0.5, 0.6) is 18.0 Å². The third kappa shape index (κ3) is 20.6. The van der Waals surface area contributed by atoms with Gasteiger partial charge in [-0.05, 0) is 148 Å². The molecule has 7 atom stereocenters. The Morgan fingerprint density at radius 1 is 0.520 bits per heavy atom. The Hall–Kier alpha value is -11.1. The second-order valence-electron chi connectivity index (χ2n) is 33.2. The van der Waals surface area contributed by atoms with Gasteiger partial charge in [0, 0.05) is 143 Å². The molecule has 6 saturated heterocycles. The molecule has 14 heterocycles. The SMILES string of the molecule is [C-]#[N+]C[C@H]1CN(c2nc(OC[C@@H]3CCCN3C)nc3c2CCN(c2cccc(F)c2C)C3)CCN1C(=O)C=C.[C-]#[N+]C[C@H]1CN(c2nc(OC[C@@H]3CCCN3C)nc3c2CCN(c2cncc(Cl)c2C)C3)CCN1C(=O)C=C.[C-]#[N+]C[C@H]1CN(c2nc(OC[C@@H]3C[C@@H](C)CN3C(C)C)nc3c2CCN(c2cncc(F)c2C(F)(F)F)C3)CCN1C(=O)C=C. The van der Waals surface area contributed by atoms with Gasteiger partial charge in [0.25, 0.3) is 0 Å². The first kappa shape index (κ1) is 89.6. The van der Waals surface area contributed by atoms with Crippen LogP contribution >= 0.6 is 11.6 Å². The molecule has 0 spiro atoms. The average molecular weight is 1720 g/mol. The van der Waals surface area contributed by atoms with E-state index in [4.69, 9.17) is 70.4 Å². The van der Waals surface area contributed by atoms with Crippen molar-refractivity contribution in [1.82, 2.24) is 69.3 Å². The van der Waals surface area contributed by atoms with Crippen molar-refractivity contribution in [3.8, 4) is 18.0 Å². The fourth-order valence-electron chi connectivity index (χ4n) is 18.5. The number of likely N-dealkylation sites (tertiary alicyclic amines) is 3. The number of anilines is 6. The van der Waals surface area contributed by atoms with Crippen LogP contribution in [-0.4, -0.2) is 281 Å². The van der Waals surface area contributed by atoms with E-state index in [-0.39, 0.29) is 86.1 Å². The van der Waals surface area contributed by atoms with Crippen LogP contribution in [0.25, 0.3) is 14.5 Å². The summed E-state index contributed by atoms with van der Waals surface area (Å²) in [6, 6.07) is 6.28. The van der Waals surface area contributed by atoms with Crippen LogP contribution in [-0.2, 0) is 59.5 Å². The lowest BCUT2D eigenvalue weighted by atomic mass is 10.0. The van der Waals surface area contributed by atoms with E-state index < -0.39 is 23.6 Å². The van der Waals surface area contributed by atoms with Crippen LogP contribution in [0.1, 0.15) is 103 Å². The highest BCUT2D eigenvalue weighted by molar-refractivity contribution is 6.31. The molecular formula is C88H109ClF5N23O6. The molecule has 6 fully saturated rings. The van der Waals surface area contributed by atoms with E-state index in [1.807, 2.05) is 24.1 Å². The fraction of sp³-hybridized carbons (Fsp3) is 0.545. The minimum atomic E-state index is -4.91. The smallest absolute Gasteiger partial charge is 0.421 e. The Morgan fingerprint density at radius 3 is 1.33 bits per heavy atom. The minimum absolute atomic E-state index is 0.0333. The molecule has 0 radical (unpaired) electrons. The molecule has 9 aliphatic heterocycles. The molecule has 0 saturated carbocycles. The van der Waals surface area contributed by atoms with Gasteiger partial charge >= 0.3 is 24.2 Å². The highest BCUT2D eigenvalue weighted by atomic mass is 35.5. The first-order chi connectivity index (χ1) is 59.2. The maximum atomic E-state index is 14.4. The second kappa shape index (κ2) is 40.0. The number of carbonyl (C=O) groups is 3. The van der Waals surface area contributed by atoms with Crippen molar-refractivity contribution < 1.29 is 50.5 Å². The largest absolute Gasteiger partial charge is 0.462 e. The quantitative estimate of drug-likeness (QED) is 0.0349. The van der Waals surface area contributed by atoms with Crippen molar-refractivity contribution in [3.63, 3.8) is 0 Å². The first-order valence-corrected chi connectivity index (χ1v) is 42.7. The monoisotopic (exact) mass is 1710 g/mol. The summed E-state index contributed by atoms with van der Waals surface area (Å²) >= 11 is 6.38. The summed E-state index contributed by atoms with van der Waals surface area (Å²) in [6.07, 6.45) is 11.3. The predicted molar refractivity (Wildman–Crippen MR) is 460 cm³/mol. The van der Waals surface area contributed by atoms with Crippen molar-refractivity contribution in [2.75, 3.05) is 181 Å². The number of hydrogen-bond acceptors (Lipinski definition) is 23. The third-order valence-corrected chi connectivity index (χ3v) is 25.5. The van der Waals surface area contributed by atoms with Gasteiger partial charge in [0.05, 0.1) is 71.7 Å². The van der Waals surface area contributed by atoms with Gasteiger partial charge in [-0.3, -0.25) is 29.3 Å². The summed E-state index contributed by atoms with van der Waals surface area (Å²) in [5.41, 5.74) is 6.94. The van der Waals surface area contributed by atoms with Crippen LogP contribution in [0, 0.1) is 51.1 Å². The van der Waals surface area contributed by atoms with Crippen LogP contribution in [0.4, 0.5) is 56.5 Å². The number of rotatable bonds is 22. The van der Waals surface area contributed by atoms with Crippen molar-refractivity contribution in [1.29, 1.82) is 0 Å². The van der Waals surface area contributed by atoms with Crippen LogP contribution in [0.15, 0.2) is 81.0 Å². The highest BCUT2D eigenvalue weighted by Crippen LogP contribution is 2.43. The molecule has 3 amide bonds. The lowest BCUT2D eigenvalue weighted by molar-refractivity contribution is -0.139. The summed E-state index contributed by atoms with van der Waals surface area (Å²) in [7, 11) is 4.24. The number of likely N-dealkylation sites (N-methyl/N-ethyl adjacent to an activating group) is 2. The fourth-order valence-corrected chi connectivity index (χ4v) is 18.6. The van der Waals surface area contributed by atoms with E-state index in [1.165, 1.54) is 35.6 Å². The number of carbonyl (C=O) groups excluding carboxylic acids is 3. The second-order valence-corrected chi connectivity index (χ2v) is 33.7. The molecule has 29 nitrogen and oxygen atoms in total. The number of ether oxygens (including phenoxy) is 3. The Bertz CT molecular complexity index is 4790. The van der Waals surface area contributed by atoms with Crippen molar-refractivity contribution in [2.45, 2.75) is 154 Å². The maximum absolute atomic E-state index is 14.4. The predicted octanol–water partition coefficient (Wildman–Crippen LogP) is 10.3. The number of benzene rings is 1. The van der Waals surface area contributed by atoms with E-state index in [1.54, 1.807) is 33.9 Å². The number of piperazine rings is 3. The highest BCUT2D eigenvalue weighted by Gasteiger charge is 2.43. The molecule has 123 heavy (non-hydrogen) atoms. The first-order valence-electron chi connectivity index (χ1n) is 42.3. The molecule has 15 rings (SSSR count). The molecule has 35 heteroatoms. The summed E-state index contributed by atoms with van der Waals surface area (Å²) in [6.45, 7) is 55.5. The Morgan fingerprint density at radius 2 is 0.927 bits per heavy atom. The van der Waals surface area contributed by atoms with Gasteiger partial charge in [-0.15, -0.1) is 0 Å². The van der Waals surface area contributed by atoms with Crippen LogP contribution in [0.2, 0.25) is 5.02 Å². The van der Waals surface area contributed by atoms with Gasteiger partial charge in [0.15, 0.2) is 5.82 Å². The molecule has 5 aromatic heterocycles. The van der Waals surface area contributed by atoms with E-state index >= 15 is 0 Å². The van der Waals surface area contributed by atoms with Gasteiger partial charge in [-0.2, -0.15) is 43.1 Å². The van der Waals surface area contributed by atoms with Gasteiger partial charge < -0.3 is 82.6 Å². The molecule has 9 aliphatic rings. The Kier molecular flexibility index (Phi) is 29.2. The molecule has 654 valence electrons. The normalized spacial score (nSPS) is 21.8. The lowest BCUT2D eigenvalue weighted by Crippen LogP contribution is -2.56. The van der Waals surface area contributed by atoms with E-state index in [9.17, 15) is 36.3 Å². The van der Waals surface area contributed by atoms with E-state index in [2.05, 4.69) is 118 Å². The number of halogens is 6. The summed E-state index contributed by atoms with van der Waals surface area (Å²) in [5, 5.41) is 0.643. The molecule has 0 unspecified atom stereocenters. The maximum Gasteiger partial charge on any atom is 0.421 e. The summed E-state index contributed by atoms with van der Waals surface area (Å²) < 4.78 is 89.1. The van der Waals surface area contributed by atoms with Crippen LogP contribution in [0.3, 0.4) is 0 Å².